The molecule has 8 unspecified atom stereocenters. The maximum atomic E-state index is 6.30. The summed E-state index contributed by atoms with van der Waals surface area (Å²) in [5, 5.41) is 6.57. The number of rotatable bonds is 36. The van der Waals surface area contributed by atoms with Gasteiger partial charge in [-0.05, 0) is 348 Å². The highest BCUT2D eigenvalue weighted by Gasteiger charge is 2.31. The molecule has 0 radical (unpaired) electrons. The first-order valence-corrected chi connectivity index (χ1v) is 44.4. The summed E-state index contributed by atoms with van der Waals surface area (Å²) in [7, 11) is 0. The molecule has 8 atom stereocenters. The van der Waals surface area contributed by atoms with Crippen molar-refractivity contribution in [3.8, 4) is 180 Å². The van der Waals surface area contributed by atoms with E-state index in [9.17, 15) is 0 Å². The molecule has 0 bridgehead atoms. The topological polar surface area (TPSA) is 174 Å². The van der Waals surface area contributed by atoms with Crippen LogP contribution in [0, 0.1) is 0 Å². The number of ether oxygens (including phenoxy) is 16. The Morgan fingerprint density at radius 2 is 0.273 bits per heavy atom. The molecule has 8 aliphatic heterocycles. The fourth-order valence-corrected chi connectivity index (χ4v) is 17.2. The van der Waals surface area contributed by atoms with Crippen molar-refractivity contribution in [2.24, 2.45) is 0 Å². The van der Waals surface area contributed by atoms with Crippen LogP contribution < -0.4 is 37.9 Å². The highest BCUT2D eigenvalue weighted by atomic mass is 16.6. The highest BCUT2D eigenvalue weighted by molar-refractivity contribution is 6.32. The molecule has 0 amide bonds. The summed E-state index contributed by atoms with van der Waals surface area (Å²) >= 11 is 0. The van der Waals surface area contributed by atoms with E-state index in [1.807, 2.05) is 0 Å². The number of epoxide rings is 8. The van der Waals surface area contributed by atoms with Crippen molar-refractivity contribution in [2.75, 3.05) is 106 Å². The first-order valence-electron chi connectivity index (χ1n) is 44.4. The number of hydrogen-bond donors (Lipinski definition) is 0. The van der Waals surface area contributed by atoms with Crippen molar-refractivity contribution in [1.82, 2.24) is 0 Å². The van der Waals surface area contributed by atoms with E-state index >= 15 is 0 Å². The van der Waals surface area contributed by atoms with E-state index in [0.717, 1.165) is 212 Å². The van der Waals surface area contributed by atoms with Gasteiger partial charge in [-0.2, -0.15) is 0 Å². The normalized spacial score (nSPS) is 19.5. The lowest BCUT2D eigenvalue weighted by molar-refractivity contribution is 0.263. The molecule has 0 aromatic heterocycles. The second kappa shape index (κ2) is 33.8. The van der Waals surface area contributed by atoms with Gasteiger partial charge in [0.05, 0.1) is 52.9 Å². The highest BCUT2D eigenvalue weighted by Crippen LogP contribution is 2.53. The molecule has 0 N–H and O–H groups in total. The van der Waals surface area contributed by atoms with Crippen LogP contribution in [-0.4, -0.2) is 155 Å². The minimum Gasteiger partial charge on any atom is -0.491 e. The molecule has 0 aliphatic carbocycles. The monoisotopic (exact) mass is 1690 g/mol. The maximum absolute atomic E-state index is 6.30. The van der Waals surface area contributed by atoms with Crippen molar-refractivity contribution in [1.29, 1.82) is 0 Å². The summed E-state index contributed by atoms with van der Waals surface area (Å²) in [6, 6.07) is 111. The molecule has 8 saturated heterocycles. The predicted molar refractivity (Wildman–Crippen MR) is 497 cm³/mol. The smallest absolute Gasteiger partial charge is 0.119 e. The van der Waals surface area contributed by atoms with Crippen molar-refractivity contribution < 1.29 is 75.8 Å². The minimum absolute atomic E-state index is 0.113. The van der Waals surface area contributed by atoms with Crippen LogP contribution in [0.1, 0.15) is 0 Å². The SMILES string of the molecule is c1cc(-c2cc(-c3ccc(OCC4CO4)cc3)cc(-c3cc(-c4cc(-c5ccc(OCC6CO6)cc5)cc(-c5ccc(OCC6CO6)cc5)c4)c4ccc5c(-c6cc(-c7ccc(OCC8CO8)cc7)cc(-c7ccc(OCC8CO8)cc7)c6)cc(-c6cc(-c7ccc(OCC8CO8)cc7)cc(-c7ccc(OCC8CO8)cc7)c6)c6ccc3c4c65)c2)ccc1OCC1CO1. The van der Waals surface area contributed by atoms with Crippen LogP contribution in [0.15, 0.2) is 303 Å². The van der Waals surface area contributed by atoms with Crippen molar-refractivity contribution >= 4 is 32.3 Å². The van der Waals surface area contributed by atoms with Gasteiger partial charge in [-0.25, -0.2) is 0 Å². The van der Waals surface area contributed by atoms with Crippen LogP contribution in [-0.2, 0) is 37.9 Å². The Bertz CT molecular complexity index is 5650. The van der Waals surface area contributed by atoms with E-state index in [0.29, 0.717) is 106 Å². The zero-order valence-corrected chi connectivity index (χ0v) is 70.3. The Morgan fingerprint density at radius 3 is 0.398 bits per heavy atom. The lowest BCUT2D eigenvalue weighted by atomic mass is 9.80. The Kier molecular flexibility index (Phi) is 20.6. The molecule has 8 aliphatic rings. The first kappa shape index (κ1) is 78.1. The van der Waals surface area contributed by atoms with E-state index in [2.05, 4.69) is 303 Å². The minimum atomic E-state index is 0.113. The van der Waals surface area contributed by atoms with Gasteiger partial charge in [0.1, 0.15) is 148 Å². The molecular weight excluding hydrogens is 1600 g/mol. The third kappa shape index (κ3) is 17.8. The van der Waals surface area contributed by atoms with Crippen LogP contribution in [0.25, 0.3) is 166 Å². The summed E-state index contributed by atoms with van der Waals surface area (Å²) in [5.74, 6) is 6.29. The van der Waals surface area contributed by atoms with Gasteiger partial charge in [-0.1, -0.05) is 121 Å². The maximum Gasteiger partial charge on any atom is 0.119 e. The molecule has 16 heteroatoms. The van der Waals surface area contributed by atoms with Gasteiger partial charge < -0.3 is 75.8 Å². The van der Waals surface area contributed by atoms with Crippen molar-refractivity contribution in [3.63, 3.8) is 0 Å². The van der Waals surface area contributed by atoms with Crippen molar-refractivity contribution in [3.05, 3.63) is 303 Å². The third-order valence-corrected chi connectivity index (χ3v) is 25.1. The molecule has 634 valence electrons. The van der Waals surface area contributed by atoms with Gasteiger partial charge in [-0.15, -0.1) is 0 Å². The Balaban J connectivity index is 0.762. The predicted octanol–water partition coefficient (Wildman–Crippen LogP) is 22.8. The Hall–Kier alpha value is -13.4. The van der Waals surface area contributed by atoms with Crippen LogP contribution in [0.3, 0.4) is 0 Å². The van der Waals surface area contributed by atoms with E-state index in [1.165, 1.54) is 0 Å². The summed E-state index contributed by atoms with van der Waals surface area (Å²) in [6.45, 7) is 9.68. The van der Waals surface area contributed by atoms with Crippen LogP contribution in [0.5, 0.6) is 46.0 Å². The first-order chi connectivity index (χ1) is 63.2. The zero-order chi connectivity index (χ0) is 84.5. The molecule has 0 saturated carbocycles. The van der Waals surface area contributed by atoms with Gasteiger partial charge >= 0.3 is 0 Å². The summed E-state index contributed by atoms with van der Waals surface area (Å²) in [6.07, 6.45) is 0.901. The summed E-state index contributed by atoms with van der Waals surface area (Å²) < 4.78 is 95.0. The fraction of sp³-hybridized carbons (Fsp3) is 0.214. The summed E-state index contributed by atoms with van der Waals surface area (Å²) in [5.41, 5.74) is 25.0. The van der Waals surface area contributed by atoms with E-state index < -0.39 is 0 Å². The summed E-state index contributed by atoms with van der Waals surface area (Å²) in [4.78, 5) is 0. The van der Waals surface area contributed by atoms with Gasteiger partial charge in [0, 0.05) is 0 Å². The fourth-order valence-electron chi connectivity index (χ4n) is 17.2. The van der Waals surface area contributed by atoms with E-state index in [-0.39, 0.29) is 48.8 Å². The van der Waals surface area contributed by atoms with Crippen LogP contribution in [0.2, 0.25) is 0 Å². The lowest BCUT2D eigenvalue weighted by Crippen LogP contribution is -2.03. The number of hydrogen-bond acceptors (Lipinski definition) is 16. The van der Waals surface area contributed by atoms with E-state index in [1.54, 1.807) is 0 Å². The second-order valence-electron chi connectivity index (χ2n) is 34.5. The molecule has 8 fully saturated rings. The third-order valence-electron chi connectivity index (χ3n) is 25.1. The van der Waals surface area contributed by atoms with Crippen molar-refractivity contribution in [2.45, 2.75) is 48.8 Å². The molecule has 8 heterocycles. The quantitative estimate of drug-likeness (QED) is 0.0268. The molecule has 128 heavy (non-hydrogen) atoms. The number of benzene rings is 16. The average molecular weight is 1690 g/mol. The Labute approximate surface area is 741 Å². The van der Waals surface area contributed by atoms with Gasteiger partial charge in [0.15, 0.2) is 0 Å². The van der Waals surface area contributed by atoms with Crippen LogP contribution in [0.4, 0.5) is 0 Å². The van der Waals surface area contributed by atoms with Gasteiger partial charge in [-0.3, -0.25) is 0 Å². The zero-order valence-electron chi connectivity index (χ0n) is 70.3. The molecule has 16 aromatic rings. The van der Waals surface area contributed by atoms with E-state index in [4.69, 9.17) is 75.8 Å². The standard InChI is InChI=1S/C112H90O16/c1-17-87(113-51-95-59-121-95)18-2-67(1)75-37-76(68-3-19-88(20-4-68)114-52-96-60-122-96)42-83(41-75)107-49-108(84-43-77(69-5-21-89(22-6-69)115-53-97-61-123-97)38-78(44-84)70-7-23-90(24-8-70)116-54-98-62-124-98)104-35-36-106-110(86-47-81(73-13-29-93(30-14-73)119-57-101-65-127-101)40-82(48-86)74-15-31-94(32-16-74)120-58-102-66-128-102)50-109(105-34-33-103(107)111(104)112(105)106)85-45-79(71-9-25-91(26-10-71)117-55-99-63-125-99)39-80(46-85)72-11-27-92(28-12-72)118-56-100-64-126-100/h1-50,95-102H,51-66H2. The van der Waals surface area contributed by atoms with Gasteiger partial charge in [0.2, 0.25) is 0 Å². The molecular formula is C112H90O16. The molecule has 24 rings (SSSR count). The average Bonchev–Trinajstić information content (AvgIpc) is 1.60. The molecule has 16 nitrogen and oxygen atoms in total. The second-order valence-corrected chi connectivity index (χ2v) is 34.5. The lowest BCUT2D eigenvalue weighted by Gasteiger charge is -2.23. The largest absolute Gasteiger partial charge is 0.491 e. The van der Waals surface area contributed by atoms with Gasteiger partial charge in [0.25, 0.3) is 0 Å². The molecule has 16 aromatic carbocycles. The Morgan fingerprint density at radius 1 is 0.148 bits per heavy atom. The van der Waals surface area contributed by atoms with Crippen LogP contribution >= 0.6 is 0 Å². The molecule has 0 spiro atoms.